The van der Waals surface area contributed by atoms with Crippen LogP contribution in [0, 0.1) is 0 Å². The standard InChI is InChI=1S/C10H8BrI2NO/c11-9(13)8(12)10(15)14-6-7-4-2-1-3-5-7/h1-5H,6H2,(H,14,15)/b9-8+. The molecule has 0 saturated carbocycles. The number of benzene rings is 1. The molecule has 0 fully saturated rings. The van der Waals surface area contributed by atoms with Crippen LogP contribution in [0.25, 0.3) is 0 Å². The minimum absolute atomic E-state index is 0.0549. The lowest BCUT2D eigenvalue weighted by Gasteiger charge is -2.04. The summed E-state index contributed by atoms with van der Waals surface area (Å²) in [6.07, 6.45) is 0. The van der Waals surface area contributed by atoms with E-state index >= 15 is 0 Å². The number of halogens is 3. The van der Waals surface area contributed by atoms with Gasteiger partial charge in [0.15, 0.2) is 0 Å². The Morgan fingerprint density at radius 3 is 2.40 bits per heavy atom. The monoisotopic (exact) mass is 491 g/mol. The lowest BCUT2D eigenvalue weighted by molar-refractivity contribution is -0.116. The second-order valence-electron chi connectivity index (χ2n) is 2.74. The largest absolute Gasteiger partial charge is 0.348 e. The SMILES string of the molecule is O=C(NCc1ccccc1)/C(I)=C(/Br)I. The Bertz CT molecular complexity index is 374. The number of carbonyl (C=O) groups excluding carboxylic acids is 1. The molecular formula is C10H8BrI2NO. The minimum atomic E-state index is -0.0549. The molecule has 1 amide bonds. The average Bonchev–Trinajstić information content (AvgIpc) is 2.26. The molecule has 5 heteroatoms. The van der Waals surface area contributed by atoms with Crippen molar-refractivity contribution in [2.24, 2.45) is 0 Å². The zero-order chi connectivity index (χ0) is 11.3. The van der Waals surface area contributed by atoms with E-state index in [9.17, 15) is 4.79 Å². The van der Waals surface area contributed by atoms with E-state index in [1.54, 1.807) is 0 Å². The van der Waals surface area contributed by atoms with Gasteiger partial charge in [-0.15, -0.1) is 0 Å². The van der Waals surface area contributed by atoms with Crippen molar-refractivity contribution < 1.29 is 4.79 Å². The van der Waals surface area contributed by atoms with Gasteiger partial charge in [0.25, 0.3) is 5.91 Å². The van der Waals surface area contributed by atoms with E-state index in [0.717, 1.165) is 8.05 Å². The molecule has 1 aromatic carbocycles. The van der Waals surface area contributed by atoms with Gasteiger partial charge < -0.3 is 5.32 Å². The van der Waals surface area contributed by atoms with Gasteiger partial charge >= 0.3 is 0 Å². The molecule has 1 N–H and O–H groups in total. The Morgan fingerprint density at radius 2 is 1.87 bits per heavy atom. The van der Waals surface area contributed by atoms with Gasteiger partial charge in [-0.05, 0) is 66.7 Å². The number of carbonyl (C=O) groups is 1. The van der Waals surface area contributed by atoms with Gasteiger partial charge in [0.1, 0.15) is 0 Å². The Kier molecular flexibility index (Phi) is 6.13. The highest BCUT2D eigenvalue weighted by molar-refractivity contribution is 14.1. The van der Waals surface area contributed by atoms with Crippen LogP contribution in [0.5, 0.6) is 0 Å². The molecule has 80 valence electrons. The van der Waals surface area contributed by atoms with E-state index in [2.05, 4.69) is 43.8 Å². The Morgan fingerprint density at radius 1 is 1.27 bits per heavy atom. The number of rotatable bonds is 3. The number of hydrogen-bond acceptors (Lipinski definition) is 1. The zero-order valence-electron chi connectivity index (χ0n) is 7.64. The highest BCUT2D eigenvalue weighted by Gasteiger charge is 2.08. The Labute approximate surface area is 124 Å². The fourth-order valence-electron chi connectivity index (χ4n) is 0.942. The van der Waals surface area contributed by atoms with Gasteiger partial charge in [-0.25, -0.2) is 0 Å². The summed E-state index contributed by atoms with van der Waals surface area (Å²) in [4.78, 5) is 11.5. The Balaban J connectivity index is 2.52. The first-order chi connectivity index (χ1) is 7.11. The third kappa shape index (κ3) is 4.81. The summed E-state index contributed by atoms with van der Waals surface area (Å²) in [6.45, 7) is 0.559. The van der Waals surface area contributed by atoms with Crippen LogP contribution in [0.4, 0.5) is 0 Å². The van der Waals surface area contributed by atoms with E-state index in [1.165, 1.54) is 0 Å². The zero-order valence-corrected chi connectivity index (χ0v) is 13.5. The molecule has 0 aliphatic heterocycles. The summed E-state index contributed by atoms with van der Waals surface area (Å²) < 4.78 is 1.50. The predicted molar refractivity (Wildman–Crippen MR) is 82.3 cm³/mol. The summed E-state index contributed by atoms with van der Waals surface area (Å²) in [5, 5.41) is 2.84. The van der Waals surface area contributed by atoms with Gasteiger partial charge in [0.05, 0.1) is 6.07 Å². The van der Waals surface area contributed by atoms with Crippen molar-refractivity contribution in [2.75, 3.05) is 0 Å². The van der Waals surface area contributed by atoms with E-state index in [0.29, 0.717) is 10.1 Å². The highest BCUT2D eigenvalue weighted by atomic mass is 127. The molecule has 0 bridgehead atoms. The fraction of sp³-hybridized carbons (Fsp3) is 0.100. The lowest BCUT2D eigenvalue weighted by Crippen LogP contribution is -2.22. The molecule has 0 radical (unpaired) electrons. The molecular weight excluding hydrogens is 484 g/mol. The molecule has 1 rings (SSSR count). The topological polar surface area (TPSA) is 29.1 Å². The van der Waals surface area contributed by atoms with Gasteiger partial charge in [0.2, 0.25) is 0 Å². The molecule has 0 spiro atoms. The van der Waals surface area contributed by atoms with Gasteiger partial charge in [-0.3, -0.25) is 4.79 Å². The first-order valence-corrected chi connectivity index (χ1v) is 7.09. The number of amides is 1. The average molecular weight is 492 g/mol. The van der Waals surface area contributed by atoms with Crippen LogP contribution in [0.3, 0.4) is 0 Å². The maximum absolute atomic E-state index is 11.5. The van der Waals surface area contributed by atoms with E-state index in [-0.39, 0.29) is 5.91 Å². The van der Waals surface area contributed by atoms with Gasteiger partial charge in [-0.2, -0.15) is 0 Å². The van der Waals surface area contributed by atoms with Crippen molar-refractivity contribution in [2.45, 2.75) is 6.54 Å². The second-order valence-corrected chi connectivity index (χ2v) is 7.18. The van der Waals surface area contributed by atoms with Crippen molar-refractivity contribution in [3.05, 3.63) is 42.0 Å². The predicted octanol–water partition coefficient (Wildman–Crippen LogP) is 3.74. The van der Waals surface area contributed by atoms with Gasteiger partial charge in [0, 0.05) is 6.54 Å². The normalized spacial score (nSPS) is 11.9. The molecule has 1 aromatic rings. The highest BCUT2D eigenvalue weighted by Crippen LogP contribution is 2.24. The fourth-order valence-corrected chi connectivity index (χ4v) is 1.56. The first-order valence-electron chi connectivity index (χ1n) is 4.14. The van der Waals surface area contributed by atoms with Crippen LogP contribution >= 0.6 is 61.1 Å². The summed E-state index contributed by atoms with van der Waals surface area (Å²) in [5.41, 5.74) is 1.10. The van der Waals surface area contributed by atoms with Crippen molar-refractivity contribution in [1.29, 1.82) is 0 Å². The van der Waals surface area contributed by atoms with E-state index in [4.69, 9.17) is 0 Å². The van der Waals surface area contributed by atoms with Crippen LogP contribution in [0.2, 0.25) is 0 Å². The molecule has 0 aliphatic carbocycles. The maximum atomic E-state index is 11.5. The molecule has 0 atom stereocenters. The van der Waals surface area contributed by atoms with Crippen molar-refractivity contribution in [1.82, 2.24) is 5.32 Å². The summed E-state index contributed by atoms with van der Waals surface area (Å²) >= 11 is 7.34. The van der Waals surface area contributed by atoms with Crippen LogP contribution < -0.4 is 5.32 Å². The molecule has 2 nitrogen and oxygen atoms in total. The Hall–Kier alpha value is 0.370. The van der Waals surface area contributed by atoms with Gasteiger partial charge in [-0.1, -0.05) is 30.3 Å². The molecule has 0 unspecified atom stereocenters. The first kappa shape index (κ1) is 13.4. The summed E-state index contributed by atoms with van der Waals surface area (Å²) in [7, 11) is 0. The summed E-state index contributed by atoms with van der Waals surface area (Å²) in [5.74, 6) is -0.0549. The molecule has 0 saturated heterocycles. The summed E-state index contributed by atoms with van der Waals surface area (Å²) in [6, 6.07) is 9.83. The second kappa shape index (κ2) is 6.85. The van der Waals surface area contributed by atoms with Crippen LogP contribution in [-0.4, -0.2) is 5.91 Å². The van der Waals surface area contributed by atoms with Crippen molar-refractivity contribution >= 4 is 67.0 Å². The van der Waals surface area contributed by atoms with Crippen molar-refractivity contribution in [3.8, 4) is 0 Å². The molecule has 0 aliphatic rings. The van der Waals surface area contributed by atoms with Crippen LogP contribution in [0.1, 0.15) is 5.56 Å². The molecule has 0 heterocycles. The quantitative estimate of drug-likeness (QED) is 0.506. The maximum Gasteiger partial charge on any atom is 0.259 e. The molecule has 15 heavy (non-hydrogen) atoms. The third-order valence-corrected chi connectivity index (χ3v) is 5.40. The van der Waals surface area contributed by atoms with E-state index in [1.807, 2.05) is 52.9 Å². The van der Waals surface area contributed by atoms with E-state index < -0.39 is 0 Å². The van der Waals surface area contributed by atoms with Crippen LogP contribution in [-0.2, 0) is 11.3 Å². The molecule has 0 aromatic heterocycles. The van der Waals surface area contributed by atoms with Crippen LogP contribution in [0.15, 0.2) is 36.4 Å². The number of hydrogen-bond donors (Lipinski definition) is 1. The lowest BCUT2D eigenvalue weighted by atomic mass is 10.2. The third-order valence-electron chi connectivity index (χ3n) is 1.66. The minimum Gasteiger partial charge on any atom is -0.348 e. The smallest absolute Gasteiger partial charge is 0.259 e. The van der Waals surface area contributed by atoms with Crippen molar-refractivity contribution in [3.63, 3.8) is 0 Å². The number of nitrogens with one attached hydrogen (secondary N) is 1.